The van der Waals surface area contributed by atoms with Gasteiger partial charge in [-0.1, -0.05) is 6.07 Å². The SMILES string of the molecule is Cc1ccc(F)cc1C(=O)N(C)CCOc1ccc(F)cc1. The molecule has 3 nitrogen and oxygen atoms in total. The van der Waals surface area contributed by atoms with Crippen LogP contribution < -0.4 is 4.74 Å². The quantitative estimate of drug-likeness (QED) is 0.847. The summed E-state index contributed by atoms with van der Waals surface area (Å²) in [7, 11) is 1.63. The second kappa shape index (κ2) is 7.02. The maximum atomic E-state index is 13.3. The second-order valence-electron chi connectivity index (χ2n) is 4.99. The molecule has 0 saturated heterocycles. The zero-order valence-electron chi connectivity index (χ0n) is 12.5. The lowest BCUT2D eigenvalue weighted by molar-refractivity contribution is 0.0772. The van der Waals surface area contributed by atoms with Crippen LogP contribution in [0.5, 0.6) is 5.75 Å². The molecule has 5 heteroatoms. The average molecular weight is 305 g/mol. The number of nitrogens with zero attached hydrogens (tertiary/aromatic N) is 1. The Kier molecular flexibility index (Phi) is 5.09. The van der Waals surface area contributed by atoms with Gasteiger partial charge in [0.2, 0.25) is 0 Å². The van der Waals surface area contributed by atoms with Gasteiger partial charge in [0, 0.05) is 12.6 Å². The molecule has 0 aliphatic carbocycles. The van der Waals surface area contributed by atoms with E-state index in [9.17, 15) is 13.6 Å². The molecule has 0 fully saturated rings. The van der Waals surface area contributed by atoms with Gasteiger partial charge in [0.05, 0.1) is 6.54 Å². The molecule has 2 aromatic carbocycles. The number of likely N-dealkylation sites (N-methyl/N-ethyl adjacent to an activating group) is 1. The van der Waals surface area contributed by atoms with Crippen molar-refractivity contribution in [3.8, 4) is 5.75 Å². The molecule has 0 bridgehead atoms. The van der Waals surface area contributed by atoms with Crippen molar-refractivity contribution in [3.05, 3.63) is 65.2 Å². The summed E-state index contributed by atoms with van der Waals surface area (Å²) in [5, 5.41) is 0. The Morgan fingerprint density at radius 1 is 1.09 bits per heavy atom. The lowest BCUT2D eigenvalue weighted by atomic mass is 10.1. The number of carbonyl (C=O) groups is 1. The van der Waals surface area contributed by atoms with Crippen LogP contribution in [-0.2, 0) is 0 Å². The molecule has 2 rings (SSSR count). The maximum Gasteiger partial charge on any atom is 0.254 e. The number of carbonyl (C=O) groups excluding carboxylic acids is 1. The number of ether oxygens (including phenoxy) is 1. The van der Waals surface area contributed by atoms with Crippen LogP contribution in [0.15, 0.2) is 42.5 Å². The molecule has 116 valence electrons. The third kappa shape index (κ3) is 4.04. The first-order valence-corrected chi connectivity index (χ1v) is 6.87. The Balaban J connectivity index is 1.91. The summed E-state index contributed by atoms with van der Waals surface area (Å²) in [4.78, 5) is 13.7. The van der Waals surface area contributed by atoms with Crippen molar-refractivity contribution in [1.29, 1.82) is 0 Å². The van der Waals surface area contributed by atoms with Crippen molar-refractivity contribution in [3.63, 3.8) is 0 Å². The molecule has 0 atom stereocenters. The van der Waals surface area contributed by atoms with Crippen molar-refractivity contribution < 1.29 is 18.3 Å². The third-order valence-electron chi connectivity index (χ3n) is 3.29. The second-order valence-corrected chi connectivity index (χ2v) is 4.99. The summed E-state index contributed by atoms with van der Waals surface area (Å²) >= 11 is 0. The number of amides is 1. The Hall–Kier alpha value is -2.43. The minimum Gasteiger partial charge on any atom is -0.492 e. The van der Waals surface area contributed by atoms with E-state index in [1.807, 2.05) is 0 Å². The summed E-state index contributed by atoms with van der Waals surface area (Å²) in [5.41, 5.74) is 1.06. The number of halogens is 2. The number of aryl methyl sites for hydroxylation is 1. The molecule has 2 aromatic rings. The number of benzene rings is 2. The van der Waals surface area contributed by atoms with Crippen LogP contribution in [0, 0.1) is 18.6 Å². The van der Waals surface area contributed by atoms with Crippen molar-refractivity contribution in [2.24, 2.45) is 0 Å². The number of hydrogen-bond donors (Lipinski definition) is 0. The lowest BCUT2D eigenvalue weighted by Gasteiger charge is -2.18. The normalized spacial score (nSPS) is 10.4. The van der Waals surface area contributed by atoms with Gasteiger partial charge in [-0.2, -0.15) is 0 Å². The molecular weight excluding hydrogens is 288 g/mol. The van der Waals surface area contributed by atoms with Gasteiger partial charge in [-0.3, -0.25) is 4.79 Å². The molecule has 22 heavy (non-hydrogen) atoms. The minimum atomic E-state index is -0.440. The fraction of sp³-hybridized carbons (Fsp3) is 0.235. The summed E-state index contributed by atoms with van der Waals surface area (Å²) in [6, 6.07) is 9.78. The van der Waals surface area contributed by atoms with Crippen molar-refractivity contribution in [2.75, 3.05) is 20.2 Å². The Bertz CT molecular complexity index is 656. The monoisotopic (exact) mass is 305 g/mol. The molecule has 0 unspecified atom stereocenters. The number of hydrogen-bond acceptors (Lipinski definition) is 2. The van der Waals surface area contributed by atoms with Crippen LogP contribution in [-0.4, -0.2) is 31.0 Å². The minimum absolute atomic E-state index is 0.264. The summed E-state index contributed by atoms with van der Waals surface area (Å²) in [6.45, 7) is 2.37. The van der Waals surface area contributed by atoms with Crippen LogP contribution in [0.25, 0.3) is 0 Å². The standard InChI is InChI=1S/C17H17F2NO2/c1-12-3-4-14(19)11-16(12)17(21)20(2)9-10-22-15-7-5-13(18)6-8-15/h3-8,11H,9-10H2,1-2H3. The smallest absolute Gasteiger partial charge is 0.254 e. The fourth-order valence-electron chi connectivity index (χ4n) is 1.96. The third-order valence-corrected chi connectivity index (χ3v) is 3.29. The molecular formula is C17H17F2NO2. The molecule has 0 spiro atoms. The Labute approximate surface area is 128 Å². The first-order chi connectivity index (χ1) is 10.5. The predicted octanol–water partition coefficient (Wildman–Crippen LogP) is 3.42. The lowest BCUT2D eigenvalue weighted by Crippen LogP contribution is -2.31. The highest BCUT2D eigenvalue weighted by atomic mass is 19.1. The van der Waals surface area contributed by atoms with Crippen molar-refractivity contribution in [1.82, 2.24) is 4.90 Å². The largest absolute Gasteiger partial charge is 0.492 e. The zero-order valence-corrected chi connectivity index (χ0v) is 12.5. The van der Waals surface area contributed by atoms with Gasteiger partial charge in [0.15, 0.2) is 0 Å². The highest BCUT2D eigenvalue weighted by Gasteiger charge is 2.14. The van der Waals surface area contributed by atoms with Crippen molar-refractivity contribution >= 4 is 5.91 Å². The molecule has 0 radical (unpaired) electrons. The molecule has 0 aromatic heterocycles. The topological polar surface area (TPSA) is 29.5 Å². The van der Waals surface area contributed by atoms with Gasteiger partial charge in [0.25, 0.3) is 5.91 Å². The van der Waals surface area contributed by atoms with E-state index in [-0.39, 0.29) is 18.3 Å². The Morgan fingerprint density at radius 2 is 1.73 bits per heavy atom. The molecule has 0 N–H and O–H groups in total. The molecule has 1 amide bonds. The van der Waals surface area contributed by atoms with Crippen LogP contribution in [0.2, 0.25) is 0 Å². The van der Waals surface area contributed by atoms with Crippen LogP contribution >= 0.6 is 0 Å². The predicted molar refractivity (Wildman–Crippen MR) is 80.0 cm³/mol. The molecule has 0 aliphatic rings. The summed E-state index contributed by atoms with van der Waals surface area (Å²) < 4.78 is 31.4. The van der Waals surface area contributed by atoms with E-state index < -0.39 is 5.82 Å². The van der Waals surface area contributed by atoms with E-state index in [0.29, 0.717) is 17.9 Å². The van der Waals surface area contributed by atoms with Crippen LogP contribution in [0.4, 0.5) is 8.78 Å². The van der Waals surface area contributed by atoms with E-state index in [4.69, 9.17) is 4.74 Å². The molecule has 0 aliphatic heterocycles. The van der Waals surface area contributed by atoms with Crippen LogP contribution in [0.3, 0.4) is 0 Å². The highest BCUT2D eigenvalue weighted by Crippen LogP contribution is 2.13. The van der Waals surface area contributed by atoms with Gasteiger partial charge in [-0.05, 0) is 48.9 Å². The van der Waals surface area contributed by atoms with Gasteiger partial charge >= 0.3 is 0 Å². The van der Waals surface area contributed by atoms with Gasteiger partial charge < -0.3 is 9.64 Å². The van der Waals surface area contributed by atoms with E-state index in [1.165, 1.54) is 41.3 Å². The number of rotatable bonds is 5. The summed E-state index contributed by atoms with van der Waals surface area (Å²) in [6.07, 6.45) is 0. The summed E-state index contributed by atoms with van der Waals surface area (Å²) in [5.74, 6) is -0.505. The Morgan fingerprint density at radius 3 is 2.41 bits per heavy atom. The van der Waals surface area contributed by atoms with E-state index in [0.717, 1.165) is 5.56 Å². The zero-order chi connectivity index (χ0) is 16.1. The first-order valence-electron chi connectivity index (χ1n) is 6.87. The van der Waals surface area contributed by atoms with Crippen LogP contribution in [0.1, 0.15) is 15.9 Å². The van der Waals surface area contributed by atoms with Gasteiger partial charge in [0.1, 0.15) is 24.0 Å². The maximum absolute atomic E-state index is 13.3. The average Bonchev–Trinajstić information content (AvgIpc) is 2.51. The first kappa shape index (κ1) is 15.9. The van der Waals surface area contributed by atoms with Gasteiger partial charge in [-0.15, -0.1) is 0 Å². The molecule has 0 heterocycles. The van der Waals surface area contributed by atoms with E-state index >= 15 is 0 Å². The highest BCUT2D eigenvalue weighted by molar-refractivity contribution is 5.95. The van der Waals surface area contributed by atoms with Gasteiger partial charge in [-0.25, -0.2) is 8.78 Å². The van der Waals surface area contributed by atoms with E-state index in [2.05, 4.69) is 0 Å². The fourth-order valence-corrected chi connectivity index (χ4v) is 1.96. The van der Waals surface area contributed by atoms with Crippen molar-refractivity contribution in [2.45, 2.75) is 6.92 Å². The molecule has 0 saturated carbocycles. The van der Waals surface area contributed by atoms with E-state index in [1.54, 1.807) is 20.0 Å².